The van der Waals surface area contributed by atoms with Gasteiger partial charge in [0, 0.05) is 35.6 Å². The minimum absolute atomic E-state index is 0.00306. The van der Waals surface area contributed by atoms with Crippen LogP contribution >= 0.6 is 0 Å². The Kier molecular flexibility index (Phi) is 6.78. The van der Waals surface area contributed by atoms with Gasteiger partial charge in [0.05, 0.1) is 25.6 Å². The highest BCUT2D eigenvalue weighted by atomic mass is 16.6. The number of aliphatic hydroxyl groups excluding tert-OH is 1. The molecule has 2 aliphatic heterocycles. The van der Waals surface area contributed by atoms with Crippen LogP contribution in [-0.2, 0) is 20.7 Å². The van der Waals surface area contributed by atoms with Crippen molar-refractivity contribution in [2.24, 2.45) is 0 Å². The zero-order valence-electron chi connectivity index (χ0n) is 19.1. The molecule has 1 aromatic carbocycles. The minimum atomic E-state index is -0.500. The predicted octanol–water partition coefficient (Wildman–Crippen LogP) is 2.71. The fourth-order valence-corrected chi connectivity index (χ4v) is 5.42. The Balaban J connectivity index is 1.26. The van der Waals surface area contributed by atoms with Crippen LogP contribution in [-0.4, -0.2) is 52.9 Å². The molecule has 2 aromatic rings. The third kappa shape index (κ3) is 5.08. The number of rotatable bonds is 7. The minimum Gasteiger partial charge on any atom is -0.487 e. The molecule has 34 heavy (non-hydrogen) atoms. The fourth-order valence-electron chi connectivity index (χ4n) is 5.42. The van der Waals surface area contributed by atoms with Crippen molar-refractivity contribution in [3.8, 4) is 5.75 Å². The Labute approximate surface area is 199 Å². The maximum atomic E-state index is 12.6. The van der Waals surface area contributed by atoms with Gasteiger partial charge >= 0.3 is 0 Å². The van der Waals surface area contributed by atoms with Gasteiger partial charge in [-0.05, 0) is 55.2 Å². The van der Waals surface area contributed by atoms with E-state index in [1.807, 2.05) is 30.3 Å². The number of benzene rings is 1. The van der Waals surface area contributed by atoms with Gasteiger partial charge in [-0.1, -0.05) is 12.8 Å². The smallest absolute Gasteiger partial charge is 0.228 e. The lowest BCUT2D eigenvalue weighted by Gasteiger charge is -2.37. The molecule has 180 valence electrons. The van der Waals surface area contributed by atoms with Crippen molar-refractivity contribution in [3.63, 3.8) is 0 Å². The highest BCUT2D eigenvalue weighted by molar-refractivity contribution is 5.92. The molecule has 0 radical (unpaired) electrons. The summed E-state index contributed by atoms with van der Waals surface area (Å²) < 4.78 is 12.2. The van der Waals surface area contributed by atoms with E-state index >= 15 is 0 Å². The monoisotopic (exact) mass is 465 g/mol. The first kappa shape index (κ1) is 22.8. The van der Waals surface area contributed by atoms with Gasteiger partial charge < -0.3 is 25.2 Å². The molecule has 5 rings (SSSR count). The number of nitrogens with one attached hydrogen (secondary N) is 2. The third-order valence-electron chi connectivity index (χ3n) is 7.03. The molecule has 0 unspecified atom stereocenters. The van der Waals surface area contributed by atoms with Crippen LogP contribution < -0.4 is 15.4 Å². The summed E-state index contributed by atoms with van der Waals surface area (Å²) in [6.45, 7) is -0.175. The quantitative estimate of drug-likeness (QED) is 0.580. The maximum absolute atomic E-state index is 12.6. The van der Waals surface area contributed by atoms with E-state index in [4.69, 9.17) is 9.47 Å². The Hall–Kier alpha value is -2.97. The summed E-state index contributed by atoms with van der Waals surface area (Å²) in [7, 11) is 0. The summed E-state index contributed by atoms with van der Waals surface area (Å²) in [4.78, 5) is 29.1. The Morgan fingerprint density at radius 1 is 1.09 bits per heavy atom. The van der Waals surface area contributed by atoms with Crippen molar-refractivity contribution in [2.45, 2.75) is 75.2 Å². The molecule has 1 aromatic heterocycles. The van der Waals surface area contributed by atoms with Crippen LogP contribution in [0.25, 0.3) is 0 Å². The van der Waals surface area contributed by atoms with E-state index in [0.717, 1.165) is 42.6 Å². The Morgan fingerprint density at radius 2 is 1.88 bits per heavy atom. The lowest BCUT2D eigenvalue weighted by Crippen LogP contribution is -2.47. The number of carbonyl (C=O) groups excluding carboxylic acids is 2. The van der Waals surface area contributed by atoms with Crippen LogP contribution in [0.2, 0.25) is 0 Å². The normalized spacial score (nSPS) is 25.8. The standard InChI is InChI=1S/C26H31N3O5/c30-15-23-26-21(13-19(33-23)14-25(32)28-17-3-1-2-4-17)20-12-18(5-6-22(20)34-26)29-24(31)11-16-7-9-27-10-8-16/h5-10,12,17,19,21,23,26,30H,1-4,11,13-15H2,(H,28,32)(H,29,31)/t19-,21-,23+,26+/m0/s1. The first-order valence-corrected chi connectivity index (χ1v) is 12.1. The van der Waals surface area contributed by atoms with Gasteiger partial charge in [0.2, 0.25) is 11.8 Å². The first-order chi connectivity index (χ1) is 16.6. The molecule has 3 N–H and O–H groups in total. The van der Waals surface area contributed by atoms with Crippen molar-refractivity contribution in [1.29, 1.82) is 0 Å². The summed E-state index contributed by atoms with van der Waals surface area (Å²) in [5.74, 6) is 0.620. The van der Waals surface area contributed by atoms with Crippen molar-refractivity contribution in [3.05, 3.63) is 53.9 Å². The average molecular weight is 466 g/mol. The van der Waals surface area contributed by atoms with E-state index in [0.29, 0.717) is 12.1 Å². The van der Waals surface area contributed by atoms with Crippen LogP contribution in [0.15, 0.2) is 42.7 Å². The molecule has 0 bridgehead atoms. The van der Waals surface area contributed by atoms with Crippen LogP contribution in [0, 0.1) is 0 Å². The lowest BCUT2D eigenvalue weighted by atomic mass is 9.84. The van der Waals surface area contributed by atoms with Crippen molar-refractivity contribution in [1.82, 2.24) is 10.3 Å². The number of hydrogen-bond donors (Lipinski definition) is 3. The maximum Gasteiger partial charge on any atom is 0.228 e. The molecule has 1 saturated heterocycles. The molecular formula is C26H31N3O5. The van der Waals surface area contributed by atoms with Crippen molar-refractivity contribution in [2.75, 3.05) is 11.9 Å². The second kappa shape index (κ2) is 10.1. The SMILES string of the molecule is O=C(Cc1ccncc1)Nc1ccc2c(c1)[C@@H]1C[C@@H](CC(=O)NC3CCCC3)O[C@H](CO)[C@@H]1O2. The van der Waals surface area contributed by atoms with Gasteiger partial charge in [-0.3, -0.25) is 14.6 Å². The molecule has 3 aliphatic rings. The van der Waals surface area contributed by atoms with Gasteiger partial charge in [0.1, 0.15) is 18.0 Å². The molecule has 1 saturated carbocycles. The summed E-state index contributed by atoms with van der Waals surface area (Å²) >= 11 is 0. The van der Waals surface area contributed by atoms with Gasteiger partial charge in [0.15, 0.2) is 0 Å². The molecule has 4 atom stereocenters. The molecule has 2 fully saturated rings. The number of hydrogen-bond acceptors (Lipinski definition) is 6. The average Bonchev–Trinajstić information content (AvgIpc) is 3.46. The van der Waals surface area contributed by atoms with Crippen molar-refractivity contribution < 1.29 is 24.2 Å². The second-order valence-corrected chi connectivity index (χ2v) is 9.49. The first-order valence-electron chi connectivity index (χ1n) is 12.1. The summed E-state index contributed by atoms with van der Waals surface area (Å²) in [6, 6.07) is 9.53. The zero-order chi connectivity index (χ0) is 23.5. The van der Waals surface area contributed by atoms with Gasteiger partial charge in [-0.25, -0.2) is 0 Å². The number of amides is 2. The van der Waals surface area contributed by atoms with Gasteiger partial charge in [-0.2, -0.15) is 0 Å². The van der Waals surface area contributed by atoms with E-state index in [-0.39, 0.29) is 55.4 Å². The van der Waals surface area contributed by atoms with E-state index in [2.05, 4.69) is 15.6 Å². The molecule has 8 nitrogen and oxygen atoms in total. The highest BCUT2D eigenvalue weighted by Gasteiger charge is 2.46. The van der Waals surface area contributed by atoms with E-state index in [1.165, 1.54) is 0 Å². The molecule has 0 spiro atoms. The Morgan fingerprint density at radius 3 is 2.65 bits per heavy atom. The largest absolute Gasteiger partial charge is 0.487 e. The van der Waals surface area contributed by atoms with Crippen LogP contribution in [0.3, 0.4) is 0 Å². The number of aromatic nitrogens is 1. The number of nitrogens with zero attached hydrogens (tertiary/aromatic N) is 1. The lowest BCUT2D eigenvalue weighted by molar-refractivity contribution is -0.142. The van der Waals surface area contributed by atoms with Gasteiger partial charge in [-0.15, -0.1) is 0 Å². The Bertz CT molecular complexity index is 1020. The molecule has 1 aliphatic carbocycles. The number of fused-ring (bicyclic) bond motifs is 3. The molecule has 2 amide bonds. The second-order valence-electron chi connectivity index (χ2n) is 9.49. The third-order valence-corrected chi connectivity index (χ3v) is 7.03. The van der Waals surface area contributed by atoms with Crippen LogP contribution in [0.1, 0.15) is 55.6 Å². The fraction of sp³-hybridized carbons (Fsp3) is 0.500. The molecular weight excluding hydrogens is 434 g/mol. The topological polar surface area (TPSA) is 110 Å². The number of aliphatic hydroxyl groups is 1. The van der Waals surface area contributed by atoms with E-state index < -0.39 is 6.10 Å². The zero-order valence-corrected chi connectivity index (χ0v) is 19.1. The highest BCUT2D eigenvalue weighted by Crippen LogP contribution is 2.47. The van der Waals surface area contributed by atoms with Crippen molar-refractivity contribution >= 4 is 17.5 Å². The summed E-state index contributed by atoms with van der Waals surface area (Å²) in [6.07, 6.45) is 7.81. The number of carbonyl (C=O) groups is 2. The number of ether oxygens (including phenoxy) is 2. The van der Waals surface area contributed by atoms with E-state index in [9.17, 15) is 14.7 Å². The summed E-state index contributed by atoms with van der Waals surface area (Å²) in [5, 5.41) is 16.0. The predicted molar refractivity (Wildman–Crippen MR) is 126 cm³/mol. The van der Waals surface area contributed by atoms with E-state index in [1.54, 1.807) is 12.4 Å². The van der Waals surface area contributed by atoms with Gasteiger partial charge in [0.25, 0.3) is 0 Å². The number of anilines is 1. The van der Waals surface area contributed by atoms with Crippen LogP contribution in [0.4, 0.5) is 5.69 Å². The number of pyridine rings is 1. The molecule has 3 heterocycles. The van der Waals surface area contributed by atoms with Crippen LogP contribution in [0.5, 0.6) is 5.75 Å². The summed E-state index contributed by atoms with van der Waals surface area (Å²) in [5.41, 5.74) is 2.57. The molecule has 8 heteroatoms.